The van der Waals surface area contributed by atoms with Crippen LogP contribution in [-0.2, 0) is 19.6 Å². The lowest BCUT2D eigenvalue weighted by Crippen LogP contribution is -2.32. The SMILES string of the molecule is CCC(Oc1ccc(C)cc1)C(=O)Nc1cc(N(CC)CC)ccc1N=Nc1ccc(NOO)cc1S(C)(=O)=O. The van der Waals surface area contributed by atoms with Crippen LogP contribution in [0.5, 0.6) is 5.75 Å². The fourth-order valence-corrected chi connectivity index (χ4v) is 4.76. The molecule has 0 aliphatic rings. The standard InChI is InChI=1S/C28H35N5O6S/c1-6-26(38-22-13-9-19(4)10-14-22)28(34)29-25-18-21(33(7-2)8-3)12-16-23(25)30-31-24-15-11-20(32-39-35)17-27(24)40(5,36)37/h9-18,26,32,35H,6-8H2,1-5H3,(H,29,34). The van der Waals surface area contributed by atoms with Gasteiger partial charge in [0, 0.05) is 25.0 Å². The Kier molecular flexibility index (Phi) is 10.6. The minimum absolute atomic E-state index is 0.0743. The summed E-state index contributed by atoms with van der Waals surface area (Å²) in [5.74, 6) is 0.231. The molecule has 0 aromatic heterocycles. The molecule has 0 saturated heterocycles. The second-order valence-electron chi connectivity index (χ2n) is 9.04. The summed E-state index contributed by atoms with van der Waals surface area (Å²) >= 11 is 0. The van der Waals surface area contributed by atoms with E-state index in [1.807, 2.05) is 58.0 Å². The van der Waals surface area contributed by atoms with E-state index < -0.39 is 15.9 Å². The Morgan fingerprint density at radius 2 is 1.62 bits per heavy atom. The monoisotopic (exact) mass is 569 g/mol. The van der Waals surface area contributed by atoms with Gasteiger partial charge in [-0.25, -0.2) is 19.2 Å². The molecule has 1 unspecified atom stereocenters. The van der Waals surface area contributed by atoms with E-state index in [4.69, 9.17) is 9.99 Å². The third-order valence-electron chi connectivity index (χ3n) is 6.12. The van der Waals surface area contributed by atoms with E-state index in [1.165, 1.54) is 18.2 Å². The van der Waals surface area contributed by atoms with Crippen molar-refractivity contribution in [2.75, 3.05) is 35.0 Å². The zero-order valence-corrected chi connectivity index (χ0v) is 24.0. The largest absolute Gasteiger partial charge is 0.481 e. The first-order valence-electron chi connectivity index (χ1n) is 12.8. The quantitative estimate of drug-likeness (QED) is 0.124. The van der Waals surface area contributed by atoms with Crippen LogP contribution in [0.3, 0.4) is 0 Å². The molecule has 0 aliphatic carbocycles. The van der Waals surface area contributed by atoms with Gasteiger partial charge < -0.3 is 15.0 Å². The van der Waals surface area contributed by atoms with E-state index in [-0.39, 0.29) is 22.2 Å². The van der Waals surface area contributed by atoms with Crippen molar-refractivity contribution >= 4 is 44.2 Å². The lowest BCUT2D eigenvalue weighted by Gasteiger charge is -2.23. The Labute approximate surface area is 234 Å². The molecule has 3 aromatic carbocycles. The highest BCUT2D eigenvalue weighted by atomic mass is 32.2. The van der Waals surface area contributed by atoms with Crippen molar-refractivity contribution < 1.29 is 28.2 Å². The molecule has 0 heterocycles. The van der Waals surface area contributed by atoms with Crippen molar-refractivity contribution in [2.45, 2.75) is 45.1 Å². The van der Waals surface area contributed by atoms with E-state index in [2.05, 4.69) is 30.9 Å². The summed E-state index contributed by atoms with van der Waals surface area (Å²) in [6, 6.07) is 17.0. The molecule has 1 atom stereocenters. The molecule has 214 valence electrons. The number of rotatable bonds is 13. The number of carbonyl (C=O) groups excluding carboxylic acids is 1. The molecule has 11 nitrogen and oxygen atoms in total. The van der Waals surface area contributed by atoms with Crippen LogP contribution in [-0.4, -0.2) is 45.0 Å². The number of anilines is 3. The van der Waals surface area contributed by atoms with Gasteiger partial charge in [0.1, 0.15) is 17.1 Å². The van der Waals surface area contributed by atoms with Crippen LogP contribution in [0.25, 0.3) is 0 Å². The summed E-state index contributed by atoms with van der Waals surface area (Å²) in [6.45, 7) is 9.41. The van der Waals surface area contributed by atoms with E-state index in [0.29, 0.717) is 23.5 Å². The number of aryl methyl sites for hydroxylation is 1. The molecule has 0 saturated carbocycles. The maximum atomic E-state index is 13.3. The predicted molar refractivity (Wildman–Crippen MR) is 156 cm³/mol. The average molecular weight is 570 g/mol. The van der Waals surface area contributed by atoms with Crippen LogP contribution in [0.15, 0.2) is 75.8 Å². The number of nitrogens with zero attached hydrogens (tertiary/aromatic N) is 3. The number of ether oxygens (including phenoxy) is 1. The van der Waals surface area contributed by atoms with Crippen molar-refractivity contribution in [3.8, 4) is 5.75 Å². The van der Waals surface area contributed by atoms with E-state index in [9.17, 15) is 13.2 Å². The Balaban J connectivity index is 1.98. The van der Waals surface area contributed by atoms with Gasteiger partial charge in [-0.2, -0.15) is 0 Å². The lowest BCUT2D eigenvalue weighted by molar-refractivity contribution is -0.215. The number of benzene rings is 3. The molecule has 0 aliphatic heterocycles. The number of carbonyl (C=O) groups is 1. The van der Waals surface area contributed by atoms with Gasteiger partial charge in [-0.3, -0.25) is 4.79 Å². The van der Waals surface area contributed by atoms with Crippen LogP contribution < -0.4 is 20.4 Å². The van der Waals surface area contributed by atoms with Gasteiger partial charge in [-0.05, 0) is 75.7 Å². The highest BCUT2D eigenvalue weighted by Gasteiger charge is 2.21. The molecule has 3 aromatic rings. The van der Waals surface area contributed by atoms with Gasteiger partial charge in [0.05, 0.1) is 16.3 Å². The topological polar surface area (TPSA) is 142 Å². The summed E-state index contributed by atoms with van der Waals surface area (Å²) in [4.78, 5) is 19.2. The third-order valence-corrected chi connectivity index (χ3v) is 7.24. The smallest absolute Gasteiger partial charge is 0.265 e. The van der Waals surface area contributed by atoms with Crippen molar-refractivity contribution in [3.63, 3.8) is 0 Å². The van der Waals surface area contributed by atoms with Crippen molar-refractivity contribution in [1.82, 2.24) is 0 Å². The van der Waals surface area contributed by atoms with Gasteiger partial charge in [-0.1, -0.05) is 24.6 Å². The molecule has 0 fully saturated rings. The highest BCUT2D eigenvalue weighted by molar-refractivity contribution is 7.90. The van der Waals surface area contributed by atoms with Crippen LogP contribution in [0.2, 0.25) is 0 Å². The average Bonchev–Trinajstić information content (AvgIpc) is 2.93. The summed E-state index contributed by atoms with van der Waals surface area (Å²) in [7, 11) is -3.70. The van der Waals surface area contributed by atoms with Crippen molar-refractivity contribution in [2.24, 2.45) is 10.2 Å². The number of azo groups is 1. The summed E-state index contributed by atoms with van der Waals surface area (Å²) in [5, 5.41) is 20.0. The molecule has 12 heteroatoms. The number of amides is 1. The first-order chi connectivity index (χ1) is 19.1. The van der Waals surface area contributed by atoms with Crippen LogP contribution in [0.4, 0.5) is 28.4 Å². The van der Waals surface area contributed by atoms with Crippen molar-refractivity contribution in [3.05, 3.63) is 66.2 Å². The number of sulfone groups is 1. The zero-order valence-electron chi connectivity index (χ0n) is 23.2. The van der Waals surface area contributed by atoms with Gasteiger partial charge in [0.25, 0.3) is 5.91 Å². The molecular weight excluding hydrogens is 534 g/mol. The minimum atomic E-state index is -3.70. The van der Waals surface area contributed by atoms with E-state index in [0.717, 1.165) is 30.6 Å². The first-order valence-corrected chi connectivity index (χ1v) is 14.7. The highest BCUT2D eigenvalue weighted by Crippen LogP contribution is 2.34. The minimum Gasteiger partial charge on any atom is -0.481 e. The van der Waals surface area contributed by atoms with E-state index >= 15 is 0 Å². The zero-order chi connectivity index (χ0) is 29.3. The lowest BCUT2D eigenvalue weighted by atomic mass is 10.2. The Hall–Kier alpha value is -4.00. The van der Waals surface area contributed by atoms with Crippen LogP contribution >= 0.6 is 0 Å². The van der Waals surface area contributed by atoms with Gasteiger partial charge in [-0.15, -0.1) is 15.2 Å². The molecule has 3 N–H and O–H groups in total. The predicted octanol–water partition coefficient (Wildman–Crippen LogP) is 6.27. The Morgan fingerprint density at radius 1 is 0.975 bits per heavy atom. The second-order valence-corrected chi connectivity index (χ2v) is 11.0. The van der Waals surface area contributed by atoms with Crippen LogP contribution in [0, 0.1) is 6.92 Å². The Morgan fingerprint density at radius 3 is 2.23 bits per heavy atom. The summed E-state index contributed by atoms with van der Waals surface area (Å²) in [5.41, 5.74) is 5.14. The molecule has 0 radical (unpaired) electrons. The Bertz CT molecular complexity index is 1440. The molecule has 3 rings (SSSR count). The summed E-state index contributed by atoms with van der Waals surface area (Å²) in [6.07, 6.45) is 0.714. The van der Waals surface area contributed by atoms with Gasteiger partial charge in [0.15, 0.2) is 15.9 Å². The maximum absolute atomic E-state index is 13.3. The molecule has 40 heavy (non-hydrogen) atoms. The van der Waals surface area contributed by atoms with Gasteiger partial charge in [0.2, 0.25) is 0 Å². The van der Waals surface area contributed by atoms with Crippen molar-refractivity contribution in [1.29, 1.82) is 0 Å². The fourth-order valence-electron chi connectivity index (χ4n) is 3.93. The number of hydrogen-bond donors (Lipinski definition) is 3. The van der Waals surface area contributed by atoms with Gasteiger partial charge >= 0.3 is 0 Å². The molecule has 0 spiro atoms. The third kappa shape index (κ3) is 8.01. The number of hydrogen-bond acceptors (Lipinski definition) is 10. The fraction of sp³-hybridized carbons (Fsp3) is 0.321. The molecule has 1 amide bonds. The number of nitrogens with one attached hydrogen (secondary N) is 2. The normalized spacial score (nSPS) is 12.2. The molecular formula is C28H35N5O6S. The molecule has 0 bridgehead atoms. The van der Waals surface area contributed by atoms with Crippen LogP contribution in [0.1, 0.15) is 32.8 Å². The maximum Gasteiger partial charge on any atom is 0.265 e. The first kappa shape index (κ1) is 30.5. The second kappa shape index (κ2) is 13.9. The van der Waals surface area contributed by atoms with E-state index in [1.54, 1.807) is 12.1 Å². The summed E-state index contributed by atoms with van der Waals surface area (Å²) < 4.78 is 30.7.